The Bertz CT molecular complexity index is 629. The predicted molar refractivity (Wildman–Crippen MR) is 76.3 cm³/mol. The van der Waals surface area contributed by atoms with E-state index < -0.39 is 5.92 Å². The predicted octanol–water partition coefficient (Wildman–Crippen LogP) is 3.52. The Morgan fingerprint density at radius 3 is 2.45 bits per heavy atom. The molecule has 0 aromatic heterocycles. The van der Waals surface area contributed by atoms with Crippen molar-refractivity contribution in [1.29, 1.82) is 5.26 Å². The highest BCUT2D eigenvalue weighted by Crippen LogP contribution is 2.27. The van der Waals surface area contributed by atoms with Crippen LogP contribution in [0.3, 0.4) is 0 Å². The average Bonchev–Trinajstić information content (AvgIpc) is 2.50. The number of carbonyl (C=O) groups excluding carboxylic acids is 1. The molecular weight excluding hydrogens is 250 g/mol. The minimum absolute atomic E-state index is 0.315. The first kappa shape index (κ1) is 13.8. The molecule has 20 heavy (non-hydrogen) atoms. The lowest BCUT2D eigenvalue weighted by Gasteiger charge is -2.14. The summed E-state index contributed by atoms with van der Waals surface area (Å²) in [5, 5.41) is 9.47. The molecule has 0 saturated heterocycles. The second-order valence-corrected chi connectivity index (χ2v) is 4.28. The zero-order valence-electron chi connectivity index (χ0n) is 11.2. The Balaban J connectivity index is 2.46. The van der Waals surface area contributed by atoms with Crippen LogP contribution in [0.5, 0.6) is 0 Å². The second kappa shape index (κ2) is 6.53. The van der Waals surface area contributed by atoms with Gasteiger partial charge in [-0.25, -0.2) is 4.79 Å². The molecule has 2 aromatic rings. The lowest BCUT2D eigenvalue weighted by atomic mass is 9.89. The van der Waals surface area contributed by atoms with Gasteiger partial charge in [0.15, 0.2) is 0 Å². The Hall–Kier alpha value is -2.60. The monoisotopic (exact) mass is 265 g/mol. The van der Waals surface area contributed by atoms with Gasteiger partial charge in [0.2, 0.25) is 0 Å². The van der Waals surface area contributed by atoms with Crippen LogP contribution in [0, 0.1) is 11.3 Å². The summed E-state index contributed by atoms with van der Waals surface area (Å²) in [6, 6.07) is 18.8. The number of carbonyl (C=O) groups is 1. The van der Waals surface area contributed by atoms with Crippen molar-refractivity contribution in [3.8, 4) is 6.07 Å². The first-order chi connectivity index (χ1) is 9.77. The fourth-order valence-electron chi connectivity index (χ4n) is 2.11. The highest BCUT2D eigenvalue weighted by molar-refractivity contribution is 5.91. The van der Waals surface area contributed by atoms with Crippen molar-refractivity contribution >= 4 is 5.97 Å². The van der Waals surface area contributed by atoms with Gasteiger partial charge in [-0.15, -0.1) is 0 Å². The first-order valence-corrected chi connectivity index (χ1v) is 6.48. The maximum atomic E-state index is 12.0. The van der Waals surface area contributed by atoms with Crippen molar-refractivity contribution in [2.24, 2.45) is 0 Å². The van der Waals surface area contributed by atoms with Gasteiger partial charge in [-0.1, -0.05) is 48.5 Å². The van der Waals surface area contributed by atoms with Gasteiger partial charge in [0.05, 0.1) is 24.2 Å². The quantitative estimate of drug-likeness (QED) is 0.795. The number of hydrogen-bond acceptors (Lipinski definition) is 3. The average molecular weight is 265 g/mol. The van der Waals surface area contributed by atoms with E-state index in [-0.39, 0.29) is 5.97 Å². The Labute approximate surface area is 118 Å². The lowest BCUT2D eigenvalue weighted by molar-refractivity contribution is 0.0525. The molecule has 0 amide bonds. The zero-order valence-corrected chi connectivity index (χ0v) is 11.2. The summed E-state index contributed by atoms with van der Waals surface area (Å²) in [6.07, 6.45) is 0. The highest BCUT2D eigenvalue weighted by Gasteiger charge is 2.20. The Morgan fingerprint density at radius 2 is 1.80 bits per heavy atom. The minimum Gasteiger partial charge on any atom is -0.462 e. The number of rotatable bonds is 4. The number of hydrogen-bond donors (Lipinski definition) is 0. The Morgan fingerprint density at radius 1 is 1.15 bits per heavy atom. The van der Waals surface area contributed by atoms with Gasteiger partial charge in [0, 0.05) is 0 Å². The molecule has 0 radical (unpaired) electrons. The third-order valence-corrected chi connectivity index (χ3v) is 3.03. The Kier molecular flexibility index (Phi) is 4.52. The van der Waals surface area contributed by atoms with Crippen LogP contribution in [-0.4, -0.2) is 12.6 Å². The summed E-state index contributed by atoms with van der Waals surface area (Å²) in [7, 11) is 0. The molecule has 2 aromatic carbocycles. The first-order valence-electron chi connectivity index (χ1n) is 6.48. The third-order valence-electron chi connectivity index (χ3n) is 3.03. The van der Waals surface area contributed by atoms with Crippen molar-refractivity contribution in [3.05, 3.63) is 71.3 Å². The van der Waals surface area contributed by atoms with E-state index in [1.54, 1.807) is 25.1 Å². The highest BCUT2D eigenvalue weighted by atomic mass is 16.5. The summed E-state index contributed by atoms with van der Waals surface area (Å²) in [5.41, 5.74) is 2.00. The van der Waals surface area contributed by atoms with Crippen LogP contribution in [0.15, 0.2) is 54.6 Å². The summed E-state index contributed by atoms with van der Waals surface area (Å²) < 4.78 is 5.05. The van der Waals surface area contributed by atoms with Gasteiger partial charge in [-0.2, -0.15) is 5.26 Å². The van der Waals surface area contributed by atoms with E-state index >= 15 is 0 Å². The van der Waals surface area contributed by atoms with E-state index in [1.807, 2.05) is 36.4 Å². The summed E-state index contributed by atoms with van der Waals surface area (Å²) in [4.78, 5) is 12.0. The van der Waals surface area contributed by atoms with E-state index in [0.717, 1.165) is 5.56 Å². The number of esters is 1. The molecule has 0 spiro atoms. The molecule has 3 heteroatoms. The van der Waals surface area contributed by atoms with Crippen molar-refractivity contribution in [2.75, 3.05) is 6.61 Å². The van der Waals surface area contributed by atoms with Gasteiger partial charge < -0.3 is 4.74 Å². The zero-order chi connectivity index (χ0) is 14.4. The summed E-state index contributed by atoms with van der Waals surface area (Å²) in [6.45, 7) is 2.08. The maximum Gasteiger partial charge on any atom is 0.338 e. The molecule has 0 aliphatic carbocycles. The van der Waals surface area contributed by atoms with Crippen LogP contribution in [-0.2, 0) is 4.74 Å². The van der Waals surface area contributed by atoms with Crippen molar-refractivity contribution in [3.63, 3.8) is 0 Å². The number of ether oxygens (including phenoxy) is 1. The number of nitriles is 1. The van der Waals surface area contributed by atoms with E-state index in [9.17, 15) is 10.1 Å². The molecular formula is C17H15NO2. The molecule has 1 unspecified atom stereocenters. The molecule has 3 nitrogen and oxygen atoms in total. The van der Waals surface area contributed by atoms with Crippen LogP contribution in [0.2, 0.25) is 0 Å². The van der Waals surface area contributed by atoms with Crippen LogP contribution in [0.4, 0.5) is 0 Å². The molecule has 0 bridgehead atoms. The van der Waals surface area contributed by atoms with Crippen molar-refractivity contribution < 1.29 is 9.53 Å². The molecule has 100 valence electrons. The van der Waals surface area contributed by atoms with Crippen LogP contribution >= 0.6 is 0 Å². The summed E-state index contributed by atoms with van der Waals surface area (Å²) >= 11 is 0. The fraction of sp³-hybridized carbons (Fsp3) is 0.176. The van der Waals surface area contributed by atoms with Gasteiger partial charge in [0.1, 0.15) is 0 Å². The van der Waals surface area contributed by atoms with Crippen LogP contribution < -0.4 is 0 Å². The van der Waals surface area contributed by atoms with Gasteiger partial charge in [-0.3, -0.25) is 0 Å². The van der Waals surface area contributed by atoms with E-state index in [1.165, 1.54) is 0 Å². The molecule has 0 N–H and O–H groups in total. The molecule has 0 aliphatic heterocycles. The van der Waals surface area contributed by atoms with Gasteiger partial charge >= 0.3 is 5.97 Å². The smallest absolute Gasteiger partial charge is 0.338 e. The lowest BCUT2D eigenvalue weighted by Crippen LogP contribution is -2.11. The van der Waals surface area contributed by atoms with E-state index in [0.29, 0.717) is 17.7 Å². The molecule has 0 aliphatic rings. The number of benzene rings is 2. The normalized spacial score (nSPS) is 11.4. The molecule has 2 rings (SSSR count). The topological polar surface area (TPSA) is 50.1 Å². The third kappa shape index (κ3) is 2.86. The van der Waals surface area contributed by atoms with Gasteiger partial charge in [-0.05, 0) is 24.1 Å². The van der Waals surface area contributed by atoms with Crippen LogP contribution in [0.25, 0.3) is 0 Å². The standard InChI is InChI=1S/C17H15NO2/c1-2-20-17(19)15-11-7-6-10-14(15)16(12-18)13-8-4-3-5-9-13/h3-11,16H,2H2,1H3. The maximum absolute atomic E-state index is 12.0. The largest absolute Gasteiger partial charge is 0.462 e. The molecule has 0 heterocycles. The van der Waals surface area contributed by atoms with E-state index in [2.05, 4.69) is 6.07 Å². The molecule has 0 fully saturated rings. The van der Waals surface area contributed by atoms with Crippen molar-refractivity contribution in [2.45, 2.75) is 12.8 Å². The van der Waals surface area contributed by atoms with Gasteiger partial charge in [0.25, 0.3) is 0 Å². The van der Waals surface area contributed by atoms with E-state index in [4.69, 9.17) is 4.74 Å². The fourth-order valence-corrected chi connectivity index (χ4v) is 2.11. The molecule has 1 atom stereocenters. The SMILES string of the molecule is CCOC(=O)c1ccccc1C(C#N)c1ccccc1. The number of nitrogens with zero attached hydrogens (tertiary/aromatic N) is 1. The second-order valence-electron chi connectivity index (χ2n) is 4.28. The minimum atomic E-state index is -0.475. The molecule has 0 saturated carbocycles. The van der Waals surface area contributed by atoms with Crippen molar-refractivity contribution in [1.82, 2.24) is 0 Å². The summed E-state index contributed by atoms with van der Waals surface area (Å²) in [5.74, 6) is -0.865. The van der Waals surface area contributed by atoms with Crippen LogP contribution in [0.1, 0.15) is 34.3 Å².